The Kier molecular flexibility index (Phi) is 4.32. The lowest BCUT2D eigenvalue weighted by atomic mass is 9.75. The number of benzene rings is 1. The Morgan fingerprint density at radius 2 is 1.89 bits per heavy atom. The molecule has 1 heterocycles. The van der Waals surface area contributed by atoms with Crippen molar-refractivity contribution in [1.29, 1.82) is 0 Å². The van der Waals surface area contributed by atoms with E-state index in [0.717, 1.165) is 32.4 Å². The molecule has 0 amide bonds. The van der Waals surface area contributed by atoms with Crippen LogP contribution in [0.5, 0.6) is 0 Å². The molecule has 0 spiro atoms. The normalized spacial score (nSPS) is 27.5. The summed E-state index contributed by atoms with van der Waals surface area (Å²) in [5.41, 5.74) is 4.75. The Balaban J connectivity index is 2.29. The first-order chi connectivity index (χ1) is 8.96. The Labute approximate surface area is 117 Å². The van der Waals surface area contributed by atoms with E-state index in [0.29, 0.717) is 5.92 Å². The molecule has 0 radical (unpaired) electrons. The Morgan fingerprint density at radius 3 is 2.47 bits per heavy atom. The van der Waals surface area contributed by atoms with Crippen LogP contribution in [0.4, 0.5) is 0 Å². The highest BCUT2D eigenvalue weighted by Crippen LogP contribution is 2.32. The van der Waals surface area contributed by atoms with Crippen LogP contribution in [0.1, 0.15) is 42.0 Å². The SMILES string of the molecule is CCC1CNCCC1(O)Cc1c(C)cc(C)cc1C. The molecule has 2 nitrogen and oxygen atoms in total. The van der Waals surface area contributed by atoms with Crippen LogP contribution in [-0.2, 0) is 6.42 Å². The van der Waals surface area contributed by atoms with Gasteiger partial charge in [0, 0.05) is 18.9 Å². The standard InChI is InChI=1S/C17H27NO/c1-5-15-11-18-7-6-17(15,19)10-16-13(3)8-12(2)9-14(16)4/h8-9,15,18-19H,5-7,10-11H2,1-4H3. The molecule has 106 valence electrons. The third kappa shape index (κ3) is 3.01. The summed E-state index contributed by atoms with van der Waals surface area (Å²) in [5, 5.41) is 14.5. The molecule has 2 atom stereocenters. The summed E-state index contributed by atoms with van der Waals surface area (Å²) >= 11 is 0. The number of rotatable bonds is 3. The number of nitrogens with one attached hydrogen (secondary N) is 1. The van der Waals surface area contributed by atoms with Crippen molar-refractivity contribution < 1.29 is 5.11 Å². The number of aryl methyl sites for hydroxylation is 3. The fourth-order valence-electron chi connectivity index (χ4n) is 3.53. The summed E-state index contributed by atoms with van der Waals surface area (Å²) in [5.74, 6) is 0.362. The van der Waals surface area contributed by atoms with Gasteiger partial charge in [-0.2, -0.15) is 0 Å². The van der Waals surface area contributed by atoms with E-state index < -0.39 is 5.60 Å². The Hall–Kier alpha value is -0.860. The van der Waals surface area contributed by atoms with Crippen molar-refractivity contribution in [3.05, 3.63) is 34.4 Å². The van der Waals surface area contributed by atoms with E-state index in [1.165, 1.54) is 22.3 Å². The molecule has 0 aromatic heterocycles. The summed E-state index contributed by atoms with van der Waals surface area (Å²) in [6.07, 6.45) is 2.69. The zero-order valence-corrected chi connectivity index (χ0v) is 12.7. The topological polar surface area (TPSA) is 32.3 Å². The minimum atomic E-state index is -0.537. The zero-order valence-electron chi connectivity index (χ0n) is 12.7. The highest BCUT2D eigenvalue weighted by Gasteiger charge is 2.38. The van der Waals surface area contributed by atoms with Gasteiger partial charge in [-0.25, -0.2) is 0 Å². The van der Waals surface area contributed by atoms with Gasteiger partial charge in [-0.3, -0.25) is 0 Å². The molecule has 0 aliphatic carbocycles. The maximum atomic E-state index is 11.1. The molecule has 0 bridgehead atoms. The van der Waals surface area contributed by atoms with E-state index in [4.69, 9.17) is 0 Å². The van der Waals surface area contributed by atoms with Crippen LogP contribution in [0.2, 0.25) is 0 Å². The minimum Gasteiger partial charge on any atom is -0.389 e. The van der Waals surface area contributed by atoms with Crippen molar-refractivity contribution in [1.82, 2.24) is 5.32 Å². The van der Waals surface area contributed by atoms with Gasteiger partial charge < -0.3 is 10.4 Å². The molecule has 2 rings (SSSR count). The smallest absolute Gasteiger partial charge is 0.0740 e. The van der Waals surface area contributed by atoms with Crippen molar-refractivity contribution in [2.75, 3.05) is 13.1 Å². The molecular weight excluding hydrogens is 234 g/mol. The molecule has 1 aromatic carbocycles. The second-order valence-electron chi connectivity index (χ2n) is 6.22. The van der Waals surface area contributed by atoms with Crippen LogP contribution in [0.3, 0.4) is 0 Å². The number of hydrogen-bond acceptors (Lipinski definition) is 2. The van der Waals surface area contributed by atoms with E-state index in [1.807, 2.05) is 0 Å². The van der Waals surface area contributed by atoms with Crippen molar-refractivity contribution in [3.63, 3.8) is 0 Å². The van der Waals surface area contributed by atoms with Gasteiger partial charge in [0.15, 0.2) is 0 Å². The van der Waals surface area contributed by atoms with Gasteiger partial charge in [0.25, 0.3) is 0 Å². The quantitative estimate of drug-likeness (QED) is 0.877. The van der Waals surface area contributed by atoms with Crippen LogP contribution in [-0.4, -0.2) is 23.8 Å². The van der Waals surface area contributed by atoms with Crippen molar-refractivity contribution in [3.8, 4) is 0 Å². The molecule has 1 fully saturated rings. The van der Waals surface area contributed by atoms with Gasteiger partial charge in [-0.1, -0.05) is 24.6 Å². The van der Waals surface area contributed by atoms with Crippen LogP contribution >= 0.6 is 0 Å². The summed E-state index contributed by atoms with van der Waals surface area (Å²) in [7, 11) is 0. The van der Waals surface area contributed by atoms with Gasteiger partial charge in [0.2, 0.25) is 0 Å². The lowest BCUT2D eigenvalue weighted by molar-refractivity contribution is -0.0416. The highest BCUT2D eigenvalue weighted by atomic mass is 16.3. The summed E-state index contributed by atoms with van der Waals surface area (Å²) < 4.78 is 0. The van der Waals surface area contributed by atoms with Crippen LogP contribution in [0.15, 0.2) is 12.1 Å². The van der Waals surface area contributed by atoms with Crippen molar-refractivity contribution in [2.24, 2.45) is 5.92 Å². The monoisotopic (exact) mass is 261 g/mol. The molecule has 2 N–H and O–H groups in total. The third-order valence-electron chi connectivity index (χ3n) is 4.70. The molecule has 2 unspecified atom stereocenters. The fraction of sp³-hybridized carbons (Fsp3) is 0.647. The van der Waals surface area contributed by atoms with Crippen LogP contribution in [0.25, 0.3) is 0 Å². The number of hydrogen-bond donors (Lipinski definition) is 2. The fourth-order valence-corrected chi connectivity index (χ4v) is 3.53. The predicted octanol–water partition coefficient (Wildman–Crippen LogP) is 2.90. The maximum Gasteiger partial charge on any atom is 0.0740 e. The van der Waals surface area contributed by atoms with Crippen LogP contribution in [0, 0.1) is 26.7 Å². The van der Waals surface area contributed by atoms with Gasteiger partial charge in [-0.15, -0.1) is 0 Å². The van der Waals surface area contributed by atoms with Gasteiger partial charge in [0.1, 0.15) is 0 Å². The first-order valence-electron chi connectivity index (χ1n) is 7.46. The average Bonchev–Trinajstić information content (AvgIpc) is 2.34. The largest absolute Gasteiger partial charge is 0.389 e. The Bertz CT molecular complexity index is 432. The molecule has 1 aliphatic heterocycles. The number of piperidine rings is 1. The van der Waals surface area contributed by atoms with E-state index >= 15 is 0 Å². The number of aliphatic hydroxyl groups is 1. The summed E-state index contributed by atoms with van der Waals surface area (Å²) in [6, 6.07) is 4.46. The average molecular weight is 261 g/mol. The second kappa shape index (κ2) is 5.64. The third-order valence-corrected chi connectivity index (χ3v) is 4.70. The zero-order chi connectivity index (χ0) is 14.0. The molecule has 2 heteroatoms. The molecule has 1 aromatic rings. The first-order valence-corrected chi connectivity index (χ1v) is 7.46. The molecule has 19 heavy (non-hydrogen) atoms. The maximum absolute atomic E-state index is 11.1. The predicted molar refractivity (Wildman–Crippen MR) is 80.6 cm³/mol. The second-order valence-corrected chi connectivity index (χ2v) is 6.22. The van der Waals surface area contributed by atoms with Crippen LogP contribution < -0.4 is 5.32 Å². The van der Waals surface area contributed by atoms with Gasteiger partial charge in [-0.05, 0) is 56.8 Å². The highest BCUT2D eigenvalue weighted by molar-refractivity contribution is 5.38. The van der Waals surface area contributed by atoms with E-state index in [-0.39, 0.29) is 0 Å². The molecule has 1 aliphatic rings. The van der Waals surface area contributed by atoms with Crippen molar-refractivity contribution in [2.45, 2.75) is 52.6 Å². The summed E-state index contributed by atoms with van der Waals surface area (Å²) in [4.78, 5) is 0. The first kappa shape index (κ1) is 14.5. The van der Waals surface area contributed by atoms with Gasteiger partial charge in [0.05, 0.1) is 5.60 Å². The minimum absolute atomic E-state index is 0.362. The van der Waals surface area contributed by atoms with Gasteiger partial charge >= 0.3 is 0 Å². The van der Waals surface area contributed by atoms with Crippen molar-refractivity contribution >= 4 is 0 Å². The summed E-state index contributed by atoms with van der Waals surface area (Å²) in [6.45, 7) is 10.5. The Morgan fingerprint density at radius 1 is 1.26 bits per heavy atom. The molecule has 1 saturated heterocycles. The lowest BCUT2D eigenvalue weighted by Crippen LogP contribution is -2.51. The van der Waals surface area contributed by atoms with E-state index in [2.05, 4.69) is 45.1 Å². The molecular formula is C17H27NO. The molecule has 0 saturated carbocycles. The van der Waals surface area contributed by atoms with E-state index in [1.54, 1.807) is 0 Å². The van der Waals surface area contributed by atoms with E-state index in [9.17, 15) is 5.11 Å². The lowest BCUT2D eigenvalue weighted by Gasteiger charge is -2.41.